The zero-order valence-corrected chi connectivity index (χ0v) is 17.4. The van der Waals surface area contributed by atoms with Crippen molar-refractivity contribution in [1.29, 1.82) is 0 Å². The second-order valence-corrected chi connectivity index (χ2v) is 7.37. The third-order valence-electron chi connectivity index (χ3n) is 4.43. The lowest BCUT2D eigenvalue weighted by molar-refractivity contribution is 0.104. The van der Waals surface area contributed by atoms with Crippen molar-refractivity contribution in [2.75, 3.05) is 25.2 Å². The average Bonchev–Trinajstić information content (AvgIpc) is 2.75. The summed E-state index contributed by atoms with van der Waals surface area (Å²) in [4.78, 5) is 12.4. The third kappa shape index (κ3) is 6.13. The van der Waals surface area contributed by atoms with Crippen LogP contribution in [0.2, 0.25) is 0 Å². The van der Waals surface area contributed by atoms with Gasteiger partial charge in [-0.25, -0.2) is 0 Å². The Morgan fingerprint density at radius 2 is 1.71 bits per heavy atom. The molecule has 0 aromatic heterocycles. The van der Waals surface area contributed by atoms with Crippen molar-refractivity contribution in [1.82, 2.24) is 0 Å². The van der Waals surface area contributed by atoms with Gasteiger partial charge in [-0.3, -0.25) is 4.79 Å². The summed E-state index contributed by atoms with van der Waals surface area (Å²) in [6.07, 6.45) is 8.09. The molecule has 0 fully saturated rings. The summed E-state index contributed by atoms with van der Waals surface area (Å²) in [5.74, 6) is 2.10. The van der Waals surface area contributed by atoms with Gasteiger partial charge < -0.3 is 14.2 Å². The first-order chi connectivity index (χ1) is 13.8. The van der Waals surface area contributed by atoms with Crippen molar-refractivity contribution in [3.63, 3.8) is 0 Å². The Hall–Kier alpha value is -2.27. The van der Waals surface area contributed by atoms with Crippen LogP contribution >= 0.6 is 15.9 Å². The van der Waals surface area contributed by atoms with Gasteiger partial charge in [0, 0.05) is 10.9 Å². The Bertz CT molecular complexity index is 799. The van der Waals surface area contributed by atoms with Crippen molar-refractivity contribution in [2.45, 2.75) is 25.7 Å². The van der Waals surface area contributed by atoms with E-state index in [1.807, 2.05) is 30.3 Å². The second kappa shape index (κ2) is 10.9. The van der Waals surface area contributed by atoms with E-state index in [0.717, 1.165) is 29.7 Å². The van der Waals surface area contributed by atoms with Crippen molar-refractivity contribution < 1.29 is 19.0 Å². The number of halogens is 1. The average molecular weight is 445 g/mol. The Kier molecular flexibility index (Phi) is 7.97. The number of allylic oxidation sites excluding steroid dienone is 1. The molecular weight excluding hydrogens is 420 g/mol. The zero-order valence-electron chi connectivity index (χ0n) is 15.9. The predicted octanol–water partition coefficient (Wildman–Crippen LogP) is 5.69. The molecular formula is C23H25BrO4. The van der Waals surface area contributed by atoms with Crippen LogP contribution in [0.1, 0.15) is 41.6 Å². The van der Waals surface area contributed by atoms with E-state index in [9.17, 15) is 4.79 Å². The molecule has 0 amide bonds. The molecule has 0 saturated heterocycles. The van der Waals surface area contributed by atoms with Crippen LogP contribution < -0.4 is 14.2 Å². The number of ether oxygens (including phenoxy) is 3. The first-order valence-electron chi connectivity index (χ1n) is 9.67. The van der Waals surface area contributed by atoms with Gasteiger partial charge in [-0.15, -0.1) is 0 Å². The summed E-state index contributed by atoms with van der Waals surface area (Å²) >= 11 is 3.44. The molecule has 0 unspecified atom stereocenters. The van der Waals surface area contributed by atoms with Crippen LogP contribution in [0.25, 0.3) is 6.08 Å². The lowest BCUT2D eigenvalue weighted by Gasteiger charge is -2.18. The number of hydrogen-bond acceptors (Lipinski definition) is 4. The SMILES string of the molecule is O=C(/C=C/c1ccc(OCCCCCCBr)cc1)c1ccc2c(c1)OCCO2. The quantitative estimate of drug-likeness (QED) is 0.204. The number of benzene rings is 2. The van der Waals surface area contributed by atoms with Crippen LogP contribution in [0.5, 0.6) is 17.2 Å². The van der Waals surface area contributed by atoms with Crippen LogP contribution in [0.15, 0.2) is 48.5 Å². The van der Waals surface area contributed by atoms with Gasteiger partial charge in [-0.05, 0) is 54.8 Å². The highest BCUT2D eigenvalue weighted by Crippen LogP contribution is 2.31. The van der Waals surface area contributed by atoms with Gasteiger partial charge >= 0.3 is 0 Å². The smallest absolute Gasteiger partial charge is 0.185 e. The predicted molar refractivity (Wildman–Crippen MR) is 115 cm³/mol. The fraction of sp³-hybridized carbons (Fsp3) is 0.348. The van der Waals surface area contributed by atoms with E-state index in [1.54, 1.807) is 24.3 Å². The van der Waals surface area contributed by atoms with E-state index in [4.69, 9.17) is 14.2 Å². The molecule has 2 aromatic rings. The molecule has 5 heteroatoms. The molecule has 3 rings (SSSR count). The maximum Gasteiger partial charge on any atom is 0.185 e. The van der Waals surface area contributed by atoms with Gasteiger partial charge in [0.1, 0.15) is 19.0 Å². The van der Waals surface area contributed by atoms with Crippen LogP contribution in [-0.2, 0) is 0 Å². The Labute approximate surface area is 174 Å². The molecule has 0 spiro atoms. The molecule has 0 saturated carbocycles. The summed E-state index contributed by atoms with van der Waals surface area (Å²) in [7, 11) is 0. The largest absolute Gasteiger partial charge is 0.494 e. The number of rotatable bonds is 10. The molecule has 2 aromatic carbocycles. The van der Waals surface area contributed by atoms with Crippen LogP contribution in [0.3, 0.4) is 0 Å². The normalized spacial score (nSPS) is 12.9. The fourth-order valence-corrected chi connectivity index (χ4v) is 3.28. The van der Waals surface area contributed by atoms with E-state index < -0.39 is 0 Å². The number of carbonyl (C=O) groups is 1. The maximum absolute atomic E-state index is 12.4. The van der Waals surface area contributed by atoms with Crippen molar-refractivity contribution in [3.05, 3.63) is 59.7 Å². The van der Waals surface area contributed by atoms with E-state index in [-0.39, 0.29) is 5.78 Å². The van der Waals surface area contributed by atoms with E-state index in [0.29, 0.717) is 30.3 Å². The molecule has 28 heavy (non-hydrogen) atoms. The number of alkyl halides is 1. The van der Waals surface area contributed by atoms with Gasteiger partial charge in [0.25, 0.3) is 0 Å². The fourth-order valence-electron chi connectivity index (χ4n) is 2.88. The van der Waals surface area contributed by atoms with Gasteiger partial charge in [-0.2, -0.15) is 0 Å². The Morgan fingerprint density at radius 1 is 0.964 bits per heavy atom. The topological polar surface area (TPSA) is 44.8 Å². The van der Waals surface area contributed by atoms with Crippen LogP contribution in [0, 0.1) is 0 Å². The lowest BCUT2D eigenvalue weighted by atomic mass is 10.1. The highest BCUT2D eigenvalue weighted by molar-refractivity contribution is 9.09. The molecule has 0 bridgehead atoms. The third-order valence-corrected chi connectivity index (χ3v) is 4.99. The summed E-state index contributed by atoms with van der Waals surface area (Å²) < 4.78 is 16.8. The van der Waals surface area contributed by atoms with Crippen molar-refractivity contribution >= 4 is 27.8 Å². The minimum atomic E-state index is -0.0687. The van der Waals surface area contributed by atoms with Crippen molar-refractivity contribution in [2.24, 2.45) is 0 Å². The number of hydrogen-bond donors (Lipinski definition) is 0. The van der Waals surface area contributed by atoms with Crippen molar-refractivity contribution in [3.8, 4) is 17.2 Å². The minimum absolute atomic E-state index is 0.0687. The molecule has 1 aliphatic heterocycles. The summed E-state index contributed by atoms with van der Waals surface area (Å²) in [6.45, 7) is 1.78. The molecule has 1 aliphatic rings. The first-order valence-corrected chi connectivity index (χ1v) is 10.8. The zero-order chi connectivity index (χ0) is 19.6. The van der Waals surface area contributed by atoms with Gasteiger partial charge in [0.05, 0.1) is 6.61 Å². The second-order valence-electron chi connectivity index (χ2n) is 6.58. The Balaban J connectivity index is 1.49. The summed E-state index contributed by atoms with van der Waals surface area (Å²) in [6, 6.07) is 13.0. The molecule has 0 aliphatic carbocycles. The van der Waals surface area contributed by atoms with E-state index in [1.165, 1.54) is 19.3 Å². The molecule has 148 valence electrons. The van der Waals surface area contributed by atoms with Crippen LogP contribution in [-0.4, -0.2) is 30.9 Å². The lowest BCUT2D eigenvalue weighted by Crippen LogP contribution is -2.15. The number of ketones is 1. The van der Waals surface area contributed by atoms with Gasteiger partial charge in [0.2, 0.25) is 0 Å². The maximum atomic E-state index is 12.4. The van der Waals surface area contributed by atoms with Gasteiger partial charge in [-0.1, -0.05) is 47.0 Å². The van der Waals surface area contributed by atoms with E-state index >= 15 is 0 Å². The van der Waals surface area contributed by atoms with Gasteiger partial charge in [0.15, 0.2) is 17.3 Å². The summed E-state index contributed by atoms with van der Waals surface area (Å²) in [5, 5.41) is 1.07. The highest BCUT2D eigenvalue weighted by atomic mass is 79.9. The molecule has 0 radical (unpaired) electrons. The summed E-state index contributed by atoms with van der Waals surface area (Å²) in [5.41, 5.74) is 1.54. The molecule has 0 atom stereocenters. The number of unbranched alkanes of at least 4 members (excludes halogenated alkanes) is 3. The highest BCUT2D eigenvalue weighted by Gasteiger charge is 2.13. The Morgan fingerprint density at radius 3 is 2.50 bits per heavy atom. The molecule has 4 nitrogen and oxygen atoms in total. The minimum Gasteiger partial charge on any atom is -0.494 e. The van der Waals surface area contributed by atoms with Crippen LogP contribution in [0.4, 0.5) is 0 Å². The van der Waals surface area contributed by atoms with E-state index in [2.05, 4.69) is 15.9 Å². The molecule has 1 heterocycles. The number of fused-ring (bicyclic) bond motifs is 1. The standard InChI is InChI=1S/C23H25BrO4/c24-13-3-1-2-4-14-26-20-9-5-18(6-10-20)7-11-21(25)19-8-12-22-23(17-19)28-16-15-27-22/h5-12,17H,1-4,13-16H2/b11-7+. The first kappa shape index (κ1) is 20.5. The molecule has 0 N–H and O–H groups in total. The monoisotopic (exact) mass is 444 g/mol. The number of carbonyl (C=O) groups excluding carboxylic acids is 1.